The average molecular weight is 324 g/mol. The molecule has 2 N–H and O–H groups in total. The van der Waals surface area contributed by atoms with Crippen molar-refractivity contribution in [3.8, 4) is 5.75 Å². The van der Waals surface area contributed by atoms with Crippen molar-refractivity contribution in [3.63, 3.8) is 0 Å². The molecule has 2 amide bonds. The molecule has 122 valence electrons. The van der Waals surface area contributed by atoms with Crippen LogP contribution in [0, 0.1) is 6.92 Å². The highest BCUT2D eigenvalue weighted by molar-refractivity contribution is 6.01. The summed E-state index contributed by atoms with van der Waals surface area (Å²) in [4.78, 5) is 24.2. The van der Waals surface area contributed by atoms with Gasteiger partial charge in [-0.2, -0.15) is 0 Å². The molecular formula is C18H16N2O4. The van der Waals surface area contributed by atoms with E-state index in [1.165, 1.54) is 0 Å². The molecule has 0 saturated carbocycles. The van der Waals surface area contributed by atoms with Crippen molar-refractivity contribution in [1.29, 1.82) is 0 Å². The second kappa shape index (κ2) is 6.45. The summed E-state index contributed by atoms with van der Waals surface area (Å²) in [6.45, 7) is 1.78. The molecule has 3 aromatic rings. The topological polar surface area (TPSA) is 80.6 Å². The monoisotopic (exact) mass is 324 g/mol. The summed E-state index contributed by atoms with van der Waals surface area (Å²) >= 11 is 0. The minimum absolute atomic E-state index is 0.145. The number of nitrogens with one attached hydrogen (secondary N) is 2. The van der Waals surface area contributed by atoms with E-state index in [1.54, 1.807) is 62.6 Å². The minimum Gasteiger partial charge on any atom is -0.497 e. The van der Waals surface area contributed by atoms with Crippen LogP contribution in [0.1, 0.15) is 26.5 Å². The fraction of sp³-hybridized carbons (Fsp3) is 0.111. The lowest BCUT2D eigenvalue weighted by Gasteiger charge is -2.06. The number of hydrazine groups is 1. The van der Waals surface area contributed by atoms with Gasteiger partial charge in [0.1, 0.15) is 11.3 Å². The molecule has 1 heterocycles. The zero-order valence-corrected chi connectivity index (χ0v) is 13.3. The number of rotatable bonds is 3. The van der Waals surface area contributed by atoms with Gasteiger partial charge in [-0.15, -0.1) is 0 Å². The lowest BCUT2D eigenvalue weighted by Crippen LogP contribution is -2.41. The van der Waals surface area contributed by atoms with Crippen LogP contribution in [0.15, 0.2) is 52.9 Å². The maximum atomic E-state index is 12.3. The smallest absolute Gasteiger partial charge is 0.305 e. The molecule has 0 bridgehead atoms. The van der Waals surface area contributed by atoms with Gasteiger partial charge in [-0.1, -0.05) is 18.2 Å². The van der Waals surface area contributed by atoms with E-state index in [-0.39, 0.29) is 5.76 Å². The van der Waals surface area contributed by atoms with E-state index in [1.807, 2.05) is 0 Å². The zero-order chi connectivity index (χ0) is 17.1. The number of aryl methyl sites for hydroxylation is 1. The number of methoxy groups -OCH3 is 1. The summed E-state index contributed by atoms with van der Waals surface area (Å²) in [5.41, 5.74) is 6.43. The summed E-state index contributed by atoms with van der Waals surface area (Å²) in [5, 5.41) is 0.786. The molecular weight excluding hydrogens is 308 g/mol. The Bertz CT molecular complexity index is 900. The number of furan rings is 1. The standard InChI is InChI=1S/C18H16N2O4/c1-11-14-10-13(23-2)8-9-15(14)24-16(11)18(22)20-19-17(21)12-6-4-3-5-7-12/h3-10H,1-2H3,(H,19,21)(H,20,22). The van der Waals surface area contributed by atoms with Gasteiger partial charge in [-0.05, 0) is 37.3 Å². The highest BCUT2D eigenvalue weighted by Crippen LogP contribution is 2.28. The highest BCUT2D eigenvalue weighted by atomic mass is 16.5. The molecule has 0 radical (unpaired) electrons. The van der Waals surface area contributed by atoms with E-state index in [0.29, 0.717) is 22.5 Å². The molecule has 0 atom stereocenters. The minimum atomic E-state index is -0.521. The van der Waals surface area contributed by atoms with Crippen LogP contribution >= 0.6 is 0 Å². The summed E-state index contributed by atoms with van der Waals surface area (Å²) in [5.74, 6) is -0.103. The summed E-state index contributed by atoms with van der Waals surface area (Å²) in [6.07, 6.45) is 0. The van der Waals surface area contributed by atoms with Gasteiger partial charge < -0.3 is 9.15 Å². The molecule has 1 aromatic heterocycles. The van der Waals surface area contributed by atoms with E-state index in [4.69, 9.17) is 9.15 Å². The van der Waals surface area contributed by atoms with Crippen LogP contribution < -0.4 is 15.6 Å². The Morgan fingerprint density at radius 2 is 1.71 bits per heavy atom. The van der Waals surface area contributed by atoms with Gasteiger partial charge in [0.2, 0.25) is 0 Å². The molecule has 24 heavy (non-hydrogen) atoms. The number of carbonyl (C=O) groups is 2. The maximum Gasteiger partial charge on any atom is 0.305 e. The Kier molecular flexibility index (Phi) is 4.20. The molecule has 0 aliphatic rings. The summed E-state index contributed by atoms with van der Waals surface area (Å²) < 4.78 is 10.8. The molecule has 2 aromatic carbocycles. The third-order valence-corrected chi connectivity index (χ3v) is 3.68. The van der Waals surface area contributed by atoms with Gasteiger partial charge in [-0.3, -0.25) is 20.4 Å². The first kappa shape index (κ1) is 15.6. The van der Waals surface area contributed by atoms with E-state index < -0.39 is 11.8 Å². The Morgan fingerprint density at radius 3 is 2.42 bits per heavy atom. The first-order chi connectivity index (χ1) is 11.6. The van der Waals surface area contributed by atoms with Crippen LogP contribution in [-0.4, -0.2) is 18.9 Å². The highest BCUT2D eigenvalue weighted by Gasteiger charge is 2.18. The maximum absolute atomic E-state index is 12.3. The molecule has 0 saturated heterocycles. The van der Waals surface area contributed by atoms with Crippen molar-refractivity contribution in [2.45, 2.75) is 6.92 Å². The van der Waals surface area contributed by atoms with Gasteiger partial charge >= 0.3 is 5.91 Å². The number of carbonyl (C=O) groups excluding carboxylic acids is 2. The SMILES string of the molecule is COc1ccc2oc(C(=O)NNC(=O)c3ccccc3)c(C)c2c1. The fourth-order valence-electron chi connectivity index (χ4n) is 2.38. The third kappa shape index (κ3) is 2.94. The second-order valence-corrected chi connectivity index (χ2v) is 5.19. The van der Waals surface area contributed by atoms with Crippen molar-refractivity contribution in [2.24, 2.45) is 0 Å². The molecule has 0 aliphatic carbocycles. The third-order valence-electron chi connectivity index (χ3n) is 3.68. The normalized spacial score (nSPS) is 10.4. The van der Waals surface area contributed by atoms with Crippen LogP contribution in [0.4, 0.5) is 0 Å². The Morgan fingerprint density at radius 1 is 1.00 bits per heavy atom. The van der Waals surface area contributed by atoms with Gasteiger partial charge in [0.05, 0.1) is 7.11 Å². The largest absolute Gasteiger partial charge is 0.497 e. The van der Waals surface area contributed by atoms with Crippen LogP contribution in [0.2, 0.25) is 0 Å². The van der Waals surface area contributed by atoms with E-state index >= 15 is 0 Å². The first-order valence-electron chi connectivity index (χ1n) is 7.33. The van der Waals surface area contributed by atoms with E-state index in [2.05, 4.69) is 10.9 Å². The number of ether oxygens (including phenoxy) is 1. The molecule has 6 heteroatoms. The van der Waals surface area contributed by atoms with Gasteiger partial charge in [-0.25, -0.2) is 0 Å². The van der Waals surface area contributed by atoms with Crippen LogP contribution in [0.3, 0.4) is 0 Å². The molecule has 6 nitrogen and oxygen atoms in total. The summed E-state index contributed by atoms with van der Waals surface area (Å²) in [7, 11) is 1.57. The molecule has 0 fully saturated rings. The Labute approximate surface area is 138 Å². The van der Waals surface area contributed by atoms with Crippen LogP contribution in [0.5, 0.6) is 5.75 Å². The number of fused-ring (bicyclic) bond motifs is 1. The van der Waals surface area contributed by atoms with Crippen molar-refractivity contribution in [2.75, 3.05) is 7.11 Å². The predicted octanol–water partition coefficient (Wildman–Crippen LogP) is 2.82. The Hall–Kier alpha value is -3.28. The van der Waals surface area contributed by atoms with E-state index in [9.17, 15) is 9.59 Å². The number of hydrogen-bond acceptors (Lipinski definition) is 4. The predicted molar refractivity (Wildman–Crippen MR) is 88.9 cm³/mol. The second-order valence-electron chi connectivity index (χ2n) is 5.19. The molecule has 3 rings (SSSR count). The van der Waals surface area contributed by atoms with Crippen molar-refractivity contribution in [3.05, 3.63) is 65.4 Å². The van der Waals surface area contributed by atoms with Crippen LogP contribution in [-0.2, 0) is 0 Å². The van der Waals surface area contributed by atoms with Gasteiger partial charge in [0.15, 0.2) is 5.76 Å². The van der Waals surface area contributed by atoms with E-state index in [0.717, 1.165) is 5.39 Å². The number of hydrogen-bond donors (Lipinski definition) is 2. The summed E-state index contributed by atoms with van der Waals surface area (Å²) in [6, 6.07) is 13.9. The number of benzene rings is 2. The Balaban J connectivity index is 1.77. The molecule has 0 aliphatic heterocycles. The zero-order valence-electron chi connectivity index (χ0n) is 13.3. The van der Waals surface area contributed by atoms with Crippen molar-refractivity contribution < 1.29 is 18.7 Å². The van der Waals surface area contributed by atoms with Crippen LogP contribution in [0.25, 0.3) is 11.0 Å². The quantitative estimate of drug-likeness (QED) is 0.726. The van der Waals surface area contributed by atoms with Crippen molar-refractivity contribution >= 4 is 22.8 Å². The fourth-order valence-corrected chi connectivity index (χ4v) is 2.38. The number of amides is 2. The van der Waals surface area contributed by atoms with Gasteiger partial charge in [0, 0.05) is 16.5 Å². The lowest BCUT2D eigenvalue weighted by molar-refractivity contribution is 0.0831. The molecule has 0 unspecified atom stereocenters. The van der Waals surface area contributed by atoms with Gasteiger partial charge in [0.25, 0.3) is 5.91 Å². The van der Waals surface area contributed by atoms with Crippen molar-refractivity contribution in [1.82, 2.24) is 10.9 Å². The molecule has 0 spiro atoms. The lowest BCUT2D eigenvalue weighted by atomic mass is 10.1. The first-order valence-corrected chi connectivity index (χ1v) is 7.33. The average Bonchev–Trinajstić information content (AvgIpc) is 2.96.